The van der Waals surface area contributed by atoms with Crippen LogP contribution in [0, 0.1) is 0 Å². The molecule has 0 aliphatic carbocycles. The summed E-state index contributed by atoms with van der Waals surface area (Å²) in [4.78, 5) is 0. The molecule has 14 heteroatoms. The van der Waals surface area contributed by atoms with Crippen LogP contribution < -0.4 is 5.84 Å². The zero-order chi connectivity index (χ0) is 16.1. The van der Waals surface area contributed by atoms with E-state index in [9.17, 15) is 48.5 Å². The number of rotatable bonds is 3. The van der Waals surface area contributed by atoms with Crippen molar-refractivity contribution in [2.45, 2.75) is 23.7 Å². The molecule has 0 aromatic rings. The van der Waals surface area contributed by atoms with Gasteiger partial charge in [-0.25, -0.2) is 0 Å². The summed E-state index contributed by atoms with van der Waals surface area (Å²) in [6, 6.07) is 0. The van der Waals surface area contributed by atoms with Gasteiger partial charge in [-0.3, -0.25) is 10.4 Å². The Kier molecular flexibility index (Phi) is 4.35. The van der Waals surface area contributed by atoms with Gasteiger partial charge in [0.2, 0.25) is 0 Å². The molecule has 0 amide bonds. The number of alkyl halides is 10. The van der Waals surface area contributed by atoms with Gasteiger partial charge in [0.05, 0.1) is 0 Å². The zero-order valence-electron chi connectivity index (χ0n) is 8.66. The molecule has 0 spiro atoms. The third kappa shape index (κ3) is 2.42. The topological polar surface area (TPSA) is 46.3 Å². The highest BCUT2D eigenvalue weighted by Gasteiger charge is 2.84. The summed E-state index contributed by atoms with van der Waals surface area (Å²) in [5.41, 5.74) is -13.7. The molecule has 0 atom stereocenters. The summed E-state index contributed by atoms with van der Waals surface area (Å²) in [7, 11) is -7.95. The lowest BCUT2D eigenvalue weighted by Crippen LogP contribution is -2.53. The van der Waals surface area contributed by atoms with Gasteiger partial charge in [-0.05, 0) is 0 Å². The van der Waals surface area contributed by atoms with E-state index in [1.807, 2.05) is 0 Å². The Labute approximate surface area is 98.3 Å². The SMILES string of the molecule is CN(N)P(=O)(C(F)(F)C(F)(F)F)C(F)(F)C(F)(F)F. The third-order valence-corrected chi connectivity index (χ3v) is 4.81. The van der Waals surface area contributed by atoms with Crippen molar-refractivity contribution < 1.29 is 48.5 Å². The highest BCUT2D eigenvalue weighted by Crippen LogP contribution is 2.77. The van der Waals surface area contributed by atoms with E-state index < -0.39 is 35.8 Å². The number of hydrogen-bond acceptors (Lipinski definition) is 2. The predicted octanol–water partition coefficient (Wildman–Crippen LogP) is 3.38. The van der Waals surface area contributed by atoms with E-state index in [1.54, 1.807) is 0 Å². The monoisotopic (exact) mass is 330 g/mol. The van der Waals surface area contributed by atoms with E-state index in [2.05, 4.69) is 5.84 Å². The Morgan fingerprint density at radius 1 is 0.789 bits per heavy atom. The average molecular weight is 330 g/mol. The Bertz CT molecular complexity index is 354. The lowest BCUT2D eigenvalue weighted by molar-refractivity contribution is -0.269. The van der Waals surface area contributed by atoms with E-state index in [0.717, 1.165) is 0 Å². The van der Waals surface area contributed by atoms with Crippen LogP contribution in [0.1, 0.15) is 0 Å². The van der Waals surface area contributed by atoms with Crippen LogP contribution in [-0.4, -0.2) is 35.5 Å². The molecular formula is C5H5F10N2OP. The van der Waals surface area contributed by atoms with E-state index >= 15 is 0 Å². The number of hydrazine groups is 1. The molecule has 0 rings (SSSR count). The fourth-order valence-electron chi connectivity index (χ4n) is 0.916. The van der Waals surface area contributed by atoms with E-state index in [1.165, 1.54) is 0 Å². The second kappa shape index (κ2) is 4.48. The number of halogens is 10. The minimum Gasteiger partial charge on any atom is -0.292 e. The second-order valence-electron chi connectivity index (χ2n) is 3.23. The van der Waals surface area contributed by atoms with Gasteiger partial charge in [0.1, 0.15) is 0 Å². The molecule has 0 aliphatic rings. The first-order valence-electron chi connectivity index (χ1n) is 3.93. The molecule has 116 valence electrons. The van der Waals surface area contributed by atoms with Gasteiger partial charge >= 0.3 is 31.0 Å². The first-order chi connectivity index (χ1) is 7.94. The first-order valence-corrected chi connectivity index (χ1v) is 5.58. The van der Waals surface area contributed by atoms with E-state index in [-0.39, 0.29) is 7.05 Å². The Hall–Kier alpha value is -0.550. The maximum atomic E-state index is 12.8. The largest absolute Gasteiger partial charge is 0.462 e. The first kappa shape index (κ1) is 18.4. The summed E-state index contributed by atoms with van der Waals surface area (Å²) in [6.07, 6.45) is -13.8. The highest BCUT2D eigenvalue weighted by atomic mass is 31.2. The van der Waals surface area contributed by atoms with Crippen molar-refractivity contribution in [2.24, 2.45) is 5.84 Å². The van der Waals surface area contributed by atoms with Crippen molar-refractivity contribution in [1.29, 1.82) is 0 Å². The summed E-state index contributed by atoms with van der Waals surface area (Å²) in [6.45, 7) is 0. The molecule has 0 heterocycles. The minimum absolute atomic E-state index is 0.208. The van der Waals surface area contributed by atoms with Gasteiger partial charge < -0.3 is 0 Å². The van der Waals surface area contributed by atoms with Crippen LogP contribution in [0.25, 0.3) is 0 Å². The van der Waals surface area contributed by atoms with Gasteiger partial charge in [-0.15, -0.1) is 0 Å². The molecule has 0 unspecified atom stereocenters. The van der Waals surface area contributed by atoms with E-state index in [0.29, 0.717) is 0 Å². The van der Waals surface area contributed by atoms with Crippen LogP contribution in [0.3, 0.4) is 0 Å². The Balaban J connectivity index is 6.31. The Morgan fingerprint density at radius 3 is 1.11 bits per heavy atom. The second-order valence-corrected chi connectivity index (χ2v) is 6.13. The molecule has 0 aliphatic heterocycles. The van der Waals surface area contributed by atoms with Crippen molar-refractivity contribution >= 4 is 7.29 Å². The summed E-state index contributed by atoms with van der Waals surface area (Å²) >= 11 is 0. The van der Waals surface area contributed by atoms with Crippen LogP contribution in [0.15, 0.2) is 0 Å². The maximum Gasteiger partial charge on any atom is 0.462 e. The normalized spacial score (nSPS) is 16.1. The standard InChI is InChI=1S/C5H5F10N2OP/c1-17(16)19(18,4(12,13)2(6,7)8)5(14,15)3(9,10)11/h16H2,1H3. The van der Waals surface area contributed by atoms with Gasteiger partial charge in [0.25, 0.3) is 0 Å². The van der Waals surface area contributed by atoms with Crippen LogP contribution in [0.4, 0.5) is 43.9 Å². The van der Waals surface area contributed by atoms with E-state index in [4.69, 9.17) is 0 Å². The predicted molar refractivity (Wildman–Crippen MR) is 41.6 cm³/mol. The molecule has 0 saturated heterocycles. The molecule has 2 N–H and O–H groups in total. The zero-order valence-corrected chi connectivity index (χ0v) is 9.55. The van der Waals surface area contributed by atoms with Crippen molar-refractivity contribution in [1.82, 2.24) is 4.78 Å². The summed E-state index contributed by atoms with van der Waals surface area (Å²) in [5, 5.41) is 0. The van der Waals surface area contributed by atoms with Gasteiger partial charge in [-0.1, -0.05) is 0 Å². The minimum atomic E-state index is -7.75. The van der Waals surface area contributed by atoms with Crippen molar-refractivity contribution in [3.05, 3.63) is 0 Å². The smallest absolute Gasteiger partial charge is 0.292 e. The molecule has 3 nitrogen and oxygen atoms in total. The Morgan fingerprint density at radius 2 is 1.00 bits per heavy atom. The number of hydrogen-bond donors (Lipinski definition) is 1. The molecular weight excluding hydrogens is 325 g/mol. The van der Waals surface area contributed by atoms with Crippen LogP contribution in [-0.2, 0) is 4.57 Å². The van der Waals surface area contributed by atoms with Crippen LogP contribution in [0.2, 0.25) is 0 Å². The fourth-order valence-corrected chi connectivity index (χ4v) is 2.75. The quantitative estimate of drug-likeness (QED) is 0.373. The maximum absolute atomic E-state index is 12.8. The fraction of sp³-hybridized carbons (Fsp3) is 1.00. The molecule has 0 radical (unpaired) electrons. The molecule has 19 heavy (non-hydrogen) atoms. The molecule has 0 aromatic carbocycles. The van der Waals surface area contributed by atoms with Crippen molar-refractivity contribution in [3.8, 4) is 0 Å². The van der Waals surface area contributed by atoms with Crippen LogP contribution >= 0.6 is 7.29 Å². The summed E-state index contributed by atoms with van der Waals surface area (Å²) in [5.74, 6) is 4.15. The van der Waals surface area contributed by atoms with Gasteiger partial charge in [-0.2, -0.15) is 48.7 Å². The third-order valence-electron chi connectivity index (χ3n) is 1.89. The molecule has 0 saturated carbocycles. The average Bonchev–Trinajstić information content (AvgIpc) is 2.11. The lowest BCUT2D eigenvalue weighted by Gasteiger charge is -2.37. The molecule has 0 fully saturated rings. The molecule has 0 bridgehead atoms. The van der Waals surface area contributed by atoms with Gasteiger partial charge in [0.15, 0.2) is 0 Å². The summed E-state index contributed by atoms with van der Waals surface area (Å²) < 4.78 is 132. The molecule has 0 aromatic heterocycles. The van der Waals surface area contributed by atoms with Crippen LogP contribution in [0.5, 0.6) is 0 Å². The lowest BCUT2D eigenvalue weighted by atomic mass is 10.7. The van der Waals surface area contributed by atoms with Crippen molar-refractivity contribution in [2.75, 3.05) is 7.05 Å². The number of nitrogens with zero attached hydrogens (tertiary/aromatic N) is 1. The highest BCUT2D eigenvalue weighted by molar-refractivity contribution is 7.64. The van der Waals surface area contributed by atoms with Gasteiger partial charge in [0, 0.05) is 7.05 Å². The number of nitrogens with two attached hydrogens (primary N) is 1. The van der Waals surface area contributed by atoms with Crippen molar-refractivity contribution in [3.63, 3.8) is 0 Å².